The highest BCUT2D eigenvalue weighted by atomic mass is 19.1. The molecule has 2 aromatic rings. The number of amides is 1. The lowest BCUT2D eigenvalue weighted by molar-refractivity contribution is 0.102. The van der Waals surface area contributed by atoms with Crippen molar-refractivity contribution in [1.29, 1.82) is 0 Å². The van der Waals surface area contributed by atoms with E-state index in [-0.39, 0.29) is 11.6 Å². The lowest BCUT2D eigenvalue weighted by Gasteiger charge is -2.10. The standard InChI is InChI=1S/C16H17FN2O/c1-2-5-11-6-3-4-7-15(11)19-16(20)12-8-9-13(17)14(18)10-12/h3-4,6-10H,2,5,18H2,1H3,(H,19,20). The Hall–Kier alpha value is -2.36. The number of hydrogen-bond donors (Lipinski definition) is 2. The minimum Gasteiger partial charge on any atom is -0.396 e. The van der Waals surface area contributed by atoms with E-state index in [0.717, 1.165) is 24.1 Å². The van der Waals surface area contributed by atoms with Crippen LogP contribution >= 0.6 is 0 Å². The van der Waals surface area contributed by atoms with Gasteiger partial charge in [0.2, 0.25) is 0 Å². The van der Waals surface area contributed by atoms with Crippen LogP contribution in [0.4, 0.5) is 15.8 Å². The van der Waals surface area contributed by atoms with E-state index in [4.69, 9.17) is 5.73 Å². The fourth-order valence-electron chi connectivity index (χ4n) is 2.01. The van der Waals surface area contributed by atoms with Crippen LogP contribution in [0.15, 0.2) is 42.5 Å². The second-order valence-electron chi connectivity index (χ2n) is 4.60. The second-order valence-corrected chi connectivity index (χ2v) is 4.60. The molecule has 0 aliphatic heterocycles. The highest BCUT2D eigenvalue weighted by Gasteiger charge is 2.10. The Morgan fingerprint density at radius 3 is 2.70 bits per heavy atom. The molecule has 0 aromatic heterocycles. The number of nitrogens with two attached hydrogens (primary N) is 1. The van der Waals surface area contributed by atoms with Crippen molar-refractivity contribution in [2.75, 3.05) is 11.1 Å². The van der Waals surface area contributed by atoms with Crippen LogP contribution in [0.3, 0.4) is 0 Å². The van der Waals surface area contributed by atoms with E-state index < -0.39 is 5.82 Å². The van der Waals surface area contributed by atoms with Gasteiger partial charge in [-0.3, -0.25) is 4.79 Å². The van der Waals surface area contributed by atoms with Gasteiger partial charge in [-0.1, -0.05) is 31.5 Å². The number of nitrogens with one attached hydrogen (secondary N) is 1. The Morgan fingerprint density at radius 2 is 2.00 bits per heavy atom. The maximum Gasteiger partial charge on any atom is 0.255 e. The lowest BCUT2D eigenvalue weighted by atomic mass is 10.1. The van der Waals surface area contributed by atoms with Gasteiger partial charge in [-0.05, 0) is 36.2 Å². The normalized spacial score (nSPS) is 10.3. The predicted molar refractivity (Wildman–Crippen MR) is 79.2 cm³/mol. The number of carbonyl (C=O) groups is 1. The molecule has 0 atom stereocenters. The molecule has 0 fully saturated rings. The van der Waals surface area contributed by atoms with Crippen LogP contribution in [0.1, 0.15) is 29.3 Å². The highest BCUT2D eigenvalue weighted by Crippen LogP contribution is 2.19. The number of halogens is 1. The number of hydrogen-bond acceptors (Lipinski definition) is 2. The van der Waals surface area contributed by atoms with E-state index in [1.807, 2.05) is 24.3 Å². The van der Waals surface area contributed by atoms with Crippen LogP contribution in [-0.4, -0.2) is 5.91 Å². The molecule has 3 nitrogen and oxygen atoms in total. The smallest absolute Gasteiger partial charge is 0.255 e. The van der Waals surface area contributed by atoms with Crippen LogP contribution in [0.5, 0.6) is 0 Å². The van der Waals surface area contributed by atoms with Gasteiger partial charge in [0.05, 0.1) is 5.69 Å². The summed E-state index contributed by atoms with van der Waals surface area (Å²) in [5.41, 5.74) is 7.65. The average Bonchev–Trinajstić information content (AvgIpc) is 2.44. The number of anilines is 2. The quantitative estimate of drug-likeness (QED) is 0.835. The molecule has 0 saturated heterocycles. The van der Waals surface area contributed by atoms with E-state index in [9.17, 15) is 9.18 Å². The number of carbonyl (C=O) groups excluding carboxylic acids is 1. The Bertz CT molecular complexity index is 626. The highest BCUT2D eigenvalue weighted by molar-refractivity contribution is 6.05. The number of nitrogen functional groups attached to an aromatic ring is 1. The molecule has 1 amide bonds. The van der Waals surface area contributed by atoms with Gasteiger partial charge in [-0.25, -0.2) is 4.39 Å². The Labute approximate surface area is 117 Å². The molecule has 3 N–H and O–H groups in total. The van der Waals surface area contributed by atoms with Crippen molar-refractivity contribution in [3.63, 3.8) is 0 Å². The average molecular weight is 272 g/mol. The van der Waals surface area contributed by atoms with Crippen molar-refractivity contribution in [3.05, 3.63) is 59.4 Å². The minimum absolute atomic E-state index is 0.0282. The molecular weight excluding hydrogens is 255 g/mol. The molecule has 0 unspecified atom stereocenters. The summed E-state index contributed by atoms with van der Waals surface area (Å²) in [4.78, 5) is 12.1. The van der Waals surface area contributed by atoms with Crippen LogP contribution < -0.4 is 11.1 Å². The van der Waals surface area contributed by atoms with Crippen LogP contribution in [0.25, 0.3) is 0 Å². The van der Waals surface area contributed by atoms with Crippen molar-refractivity contribution < 1.29 is 9.18 Å². The Balaban J connectivity index is 2.21. The monoisotopic (exact) mass is 272 g/mol. The van der Waals surface area contributed by atoms with E-state index in [0.29, 0.717) is 5.56 Å². The van der Waals surface area contributed by atoms with Crippen LogP contribution in [0.2, 0.25) is 0 Å². The van der Waals surface area contributed by atoms with E-state index >= 15 is 0 Å². The van der Waals surface area contributed by atoms with Gasteiger partial charge >= 0.3 is 0 Å². The number of aryl methyl sites for hydroxylation is 1. The third-order valence-electron chi connectivity index (χ3n) is 3.04. The molecule has 0 aliphatic carbocycles. The molecule has 0 aliphatic rings. The zero-order valence-electron chi connectivity index (χ0n) is 11.3. The van der Waals surface area contributed by atoms with E-state index in [2.05, 4.69) is 12.2 Å². The van der Waals surface area contributed by atoms with E-state index in [1.54, 1.807) is 0 Å². The van der Waals surface area contributed by atoms with Crippen molar-refractivity contribution >= 4 is 17.3 Å². The molecule has 104 valence electrons. The van der Waals surface area contributed by atoms with Crippen molar-refractivity contribution in [2.45, 2.75) is 19.8 Å². The minimum atomic E-state index is -0.520. The second kappa shape index (κ2) is 6.19. The summed E-state index contributed by atoms with van der Waals surface area (Å²) in [6, 6.07) is 11.6. The summed E-state index contributed by atoms with van der Waals surface area (Å²) in [6.07, 6.45) is 1.89. The van der Waals surface area contributed by atoms with Gasteiger partial charge in [-0.2, -0.15) is 0 Å². The fraction of sp³-hybridized carbons (Fsp3) is 0.188. The van der Waals surface area contributed by atoms with Crippen LogP contribution in [-0.2, 0) is 6.42 Å². The largest absolute Gasteiger partial charge is 0.396 e. The van der Waals surface area contributed by atoms with Gasteiger partial charge < -0.3 is 11.1 Å². The van der Waals surface area contributed by atoms with Crippen LogP contribution in [0, 0.1) is 5.82 Å². The number of para-hydroxylation sites is 1. The van der Waals surface area contributed by atoms with Crippen molar-refractivity contribution in [1.82, 2.24) is 0 Å². The first kappa shape index (κ1) is 14.1. The van der Waals surface area contributed by atoms with Gasteiger partial charge in [0.15, 0.2) is 0 Å². The van der Waals surface area contributed by atoms with Crippen molar-refractivity contribution in [2.24, 2.45) is 0 Å². The van der Waals surface area contributed by atoms with E-state index in [1.165, 1.54) is 18.2 Å². The Kier molecular flexibility index (Phi) is 4.35. The SMILES string of the molecule is CCCc1ccccc1NC(=O)c1ccc(F)c(N)c1. The number of rotatable bonds is 4. The third-order valence-corrected chi connectivity index (χ3v) is 3.04. The summed E-state index contributed by atoms with van der Waals surface area (Å²) in [5, 5.41) is 2.84. The predicted octanol–water partition coefficient (Wildman–Crippen LogP) is 3.61. The van der Waals surface area contributed by atoms with Gasteiger partial charge in [0.25, 0.3) is 5.91 Å². The maximum atomic E-state index is 13.1. The zero-order chi connectivity index (χ0) is 14.5. The molecule has 2 rings (SSSR count). The van der Waals surface area contributed by atoms with Gasteiger partial charge in [0, 0.05) is 11.3 Å². The molecule has 0 saturated carbocycles. The molecule has 0 heterocycles. The molecule has 0 spiro atoms. The molecule has 2 aromatic carbocycles. The fourth-order valence-corrected chi connectivity index (χ4v) is 2.01. The number of benzene rings is 2. The summed E-state index contributed by atoms with van der Waals surface area (Å²) < 4.78 is 13.1. The summed E-state index contributed by atoms with van der Waals surface area (Å²) in [6.45, 7) is 2.08. The zero-order valence-corrected chi connectivity index (χ0v) is 11.3. The first-order chi connectivity index (χ1) is 9.61. The molecule has 20 heavy (non-hydrogen) atoms. The van der Waals surface area contributed by atoms with Gasteiger partial charge in [-0.15, -0.1) is 0 Å². The molecular formula is C16H17FN2O. The maximum absolute atomic E-state index is 13.1. The first-order valence-corrected chi connectivity index (χ1v) is 6.56. The third kappa shape index (κ3) is 3.15. The molecule has 0 radical (unpaired) electrons. The summed E-state index contributed by atoms with van der Waals surface area (Å²) in [5.74, 6) is -0.812. The summed E-state index contributed by atoms with van der Waals surface area (Å²) >= 11 is 0. The topological polar surface area (TPSA) is 55.1 Å². The van der Waals surface area contributed by atoms with Crippen molar-refractivity contribution in [3.8, 4) is 0 Å². The lowest BCUT2D eigenvalue weighted by Crippen LogP contribution is -2.13. The summed E-state index contributed by atoms with van der Waals surface area (Å²) in [7, 11) is 0. The Morgan fingerprint density at radius 1 is 1.25 bits per heavy atom. The van der Waals surface area contributed by atoms with Gasteiger partial charge in [0.1, 0.15) is 5.82 Å². The molecule has 4 heteroatoms. The first-order valence-electron chi connectivity index (χ1n) is 6.56. The molecule has 0 bridgehead atoms.